The fraction of sp³-hybridized carbons (Fsp3) is 0.533. The van der Waals surface area contributed by atoms with Crippen molar-refractivity contribution in [3.8, 4) is 0 Å². The van der Waals surface area contributed by atoms with Gasteiger partial charge < -0.3 is 15.0 Å². The number of para-hydroxylation sites is 2. The zero-order valence-corrected chi connectivity index (χ0v) is 12.1. The van der Waals surface area contributed by atoms with Crippen LogP contribution in [0.1, 0.15) is 27.2 Å². The van der Waals surface area contributed by atoms with Gasteiger partial charge >= 0.3 is 5.97 Å². The Balaban J connectivity index is 2.41. The fourth-order valence-electron chi connectivity index (χ4n) is 2.67. The maximum Gasteiger partial charge on any atom is 0.328 e. The lowest BCUT2D eigenvalue weighted by atomic mass is 9.97. The minimum Gasteiger partial charge on any atom is -0.467 e. The number of hydrogen-bond acceptors (Lipinski definition) is 4. The number of ether oxygens (including phenoxy) is 1. The Morgan fingerprint density at radius 3 is 2.79 bits per heavy atom. The van der Waals surface area contributed by atoms with Crippen LogP contribution in [0.25, 0.3) is 0 Å². The van der Waals surface area contributed by atoms with Gasteiger partial charge in [-0.05, 0) is 32.4 Å². The molecule has 1 unspecified atom stereocenters. The SMILES string of the molecule is CCC(C(=O)OC)N1CC(C)(C)Nc2ccccc21. The van der Waals surface area contributed by atoms with Crippen LogP contribution in [0.3, 0.4) is 0 Å². The van der Waals surface area contributed by atoms with E-state index in [1.54, 1.807) is 0 Å². The molecule has 19 heavy (non-hydrogen) atoms. The monoisotopic (exact) mass is 262 g/mol. The van der Waals surface area contributed by atoms with Crippen LogP contribution in [0.4, 0.5) is 11.4 Å². The van der Waals surface area contributed by atoms with Crippen LogP contribution in [0, 0.1) is 0 Å². The summed E-state index contributed by atoms with van der Waals surface area (Å²) in [5.74, 6) is -0.171. The van der Waals surface area contributed by atoms with E-state index >= 15 is 0 Å². The molecule has 1 aromatic carbocycles. The number of nitrogens with zero attached hydrogens (tertiary/aromatic N) is 1. The third-order valence-corrected chi connectivity index (χ3v) is 3.49. The summed E-state index contributed by atoms with van der Waals surface area (Å²) in [6.07, 6.45) is 0.733. The molecule has 104 valence electrons. The first-order chi connectivity index (χ1) is 8.98. The van der Waals surface area contributed by atoms with Crippen LogP contribution < -0.4 is 10.2 Å². The summed E-state index contributed by atoms with van der Waals surface area (Å²) in [4.78, 5) is 14.1. The van der Waals surface area contributed by atoms with E-state index in [4.69, 9.17) is 4.74 Å². The average molecular weight is 262 g/mol. The van der Waals surface area contributed by atoms with Crippen molar-refractivity contribution in [2.45, 2.75) is 38.8 Å². The number of carbonyl (C=O) groups is 1. The van der Waals surface area contributed by atoms with E-state index in [0.717, 1.165) is 24.3 Å². The summed E-state index contributed by atoms with van der Waals surface area (Å²) in [5, 5.41) is 3.51. The second kappa shape index (κ2) is 5.11. The second-order valence-electron chi connectivity index (χ2n) is 5.60. The summed E-state index contributed by atoms with van der Waals surface area (Å²) in [7, 11) is 1.45. The van der Waals surface area contributed by atoms with Crippen LogP contribution in [0.2, 0.25) is 0 Å². The Labute approximate surface area is 114 Å². The van der Waals surface area contributed by atoms with Crippen molar-refractivity contribution in [3.05, 3.63) is 24.3 Å². The van der Waals surface area contributed by atoms with Crippen molar-refractivity contribution >= 4 is 17.3 Å². The van der Waals surface area contributed by atoms with Crippen LogP contribution in [0.5, 0.6) is 0 Å². The van der Waals surface area contributed by atoms with Gasteiger partial charge in [0.2, 0.25) is 0 Å². The molecule has 2 rings (SSSR count). The number of anilines is 2. The summed E-state index contributed by atoms with van der Waals surface area (Å²) in [6, 6.07) is 7.86. The predicted molar refractivity (Wildman–Crippen MR) is 77.6 cm³/mol. The van der Waals surface area contributed by atoms with Crippen LogP contribution >= 0.6 is 0 Å². The zero-order chi connectivity index (χ0) is 14.0. The molecule has 0 aliphatic carbocycles. The molecule has 0 radical (unpaired) electrons. The molecule has 0 amide bonds. The lowest BCUT2D eigenvalue weighted by molar-refractivity contribution is -0.142. The molecule has 0 saturated heterocycles. The van der Waals surface area contributed by atoms with E-state index in [1.165, 1.54) is 7.11 Å². The number of hydrogen-bond donors (Lipinski definition) is 1. The van der Waals surface area contributed by atoms with Gasteiger partial charge in [0.05, 0.1) is 18.5 Å². The van der Waals surface area contributed by atoms with Gasteiger partial charge in [0.15, 0.2) is 0 Å². The number of methoxy groups -OCH3 is 1. The fourth-order valence-corrected chi connectivity index (χ4v) is 2.67. The highest BCUT2D eigenvalue weighted by molar-refractivity contribution is 5.84. The predicted octanol–water partition coefficient (Wildman–Crippen LogP) is 2.65. The maximum absolute atomic E-state index is 12.0. The van der Waals surface area contributed by atoms with Gasteiger partial charge in [-0.2, -0.15) is 0 Å². The minimum atomic E-state index is -0.229. The first-order valence-electron chi connectivity index (χ1n) is 6.70. The maximum atomic E-state index is 12.0. The first kappa shape index (κ1) is 13.7. The highest BCUT2D eigenvalue weighted by Crippen LogP contribution is 2.36. The number of benzene rings is 1. The summed E-state index contributed by atoms with van der Waals surface area (Å²) in [5.41, 5.74) is 2.07. The molecule has 1 atom stereocenters. The summed E-state index contributed by atoms with van der Waals surface area (Å²) in [6.45, 7) is 7.07. The van der Waals surface area contributed by atoms with Gasteiger partial charge in [-0.3, -0.25) is 0 Å². The second-order valence-corrected chi connectivity index (χ2v) is 5.60. The molecule has 4 heteroatoms. The van der Waals surface area contributed by atoms with Crippen molar-refractivity contribution < 1.29 is 9.53 Å². The quantitative estimate of drug-likeness (QED) is 0.850. The number of fused-ring (bicyclic) bond motifs is 1. The van der Waals surface area contributed by atoms with Crippen molar-refractivity contribution in [2.75, 3.05) is 23.9 Å². The topological polar surface area (TPSA) is 41.6 Å². The molecule has 1 aromatic rings. The molecule has 0 spiro atoms. The van der Waals surface area contributed by atoms with Gasteiger partial charge in [0.25, 0.3) is 0 Å². The number of carbonyl (C=O) groups excluding carboxylic acids is 1. The molecule has 1 heterocycles. The van der Waals surface area contributed by atoms with E-state index in [-0.39, 0.29) is 17.6 Å². The summed E-state index contributed by atoms with van der Waals surface area (Å²) >= 11 is 0. The molecule has 1 N–H and O–H groups in total. The Bertz CT molecular complexity index is 471. The van der Waals surface area contributed by atoms with Crippen LogP contribution in [0.15, 0.2) is 24.3 Å². The van der Waals surface area contributed by atoms with E-state index in [9.17, 15) is 4.79 Å². The van der Waals surface area contributed by atoms with Crippen molar-refractivity contribution in [2.24, 2.45) is 0 Å². The Hall–Kier alpha value is -1.71. The van der Waals surface area contributed by atoms with Crippen molar-refractivity contribution in [1.82, 2.24) is 0 Å². The molecule has 0 bridgehead atoms. The lowest BCUT2D eigenvalue weighted by Crippen LogP contribution is -2.54. The average Bonchev–Trinajstić information content (AvgIpc) is 2.38. The minimum absolute atomic E-state index is 0.0736. The molecule has 0 saturated carbocycles. The number of esters is 1. The first-order valence-corrected chi connectivity index (χ1v) is 6.70. The van der Waals surface area contributed by atoms with Crippen LogP contribution in [-0.2, 0) is 9.53 Å². The molecule has 4 nitrogen and oxygen atoms in total. The van der Waals surface area contributed by atoms with E-state index in [0.29, 0.717) is 0 Å². The van der Waals surface area contributed by atoms with E-state index < -0.39 is 0 Å². The van der Waals surface area contributed by atoms with Crippen molar-refractivity contribution in [3.63, 3.8) is 0 Å². The smallest absolute Gasteiger partial charge is 0.328 e. The third-order valence-electron chi connectivity index (χ3n) is 3.49. The Morgan fingerprint density at radius 2 is 2.16 bits per heavy atom. The van der Waals surface area contributed by atoms with Gasteiger partial charge in [-0.25, -0.2) is 4.79 Å². The molecular weight excluding hydrogens is 240 g/mol. The molecule has 1 aliphatic heterocycles. The molecule has 0 fully saturated rings. The highest BCUT2D eigenvalue weighted by Gasteiger charge is 2.35. The van der Waals surface area contributed by atoms with Gasteiger partial charge in [-0.15, -0.1) is 0 Å². The van der Waals surface area contributed by atoms with E-state index in [1.807, 2.05) is 31.2 Å². The third kappa shape index (κ3) is 2.67. The van der Waals surface area contributed by atoms with Gasteiger partial charge in [0, 0.05) is 12.1 Å². The molecular formula is C15H22N2O2. The van der Waals surface area contributed by atoms with Crippen molar-refractivity contribution in [1.29, 1.82) is 0 Å². The van der Waals surface area contributed by atoms with Gasteiger partial charge in [0.1, 0.15) is 6.04 Å². The zero-order valence-electron chi connectivity index (χ0n) is 12.1. The highest BCUT2D eigenvalue weighted by atomic mass is 16.5. The largest absolute Gasteiger partial charge is 0.467 e. The summed E-state index contributed by atoms with van der Waals surface area (Å²) < 4.78 is 4.94. The lowest BCUT2D eigenvalue weighted by Gasteiger charge is -2.44. The normalized spacial score (nSPS) is 18.2. The van der Waals surface area contributed by atoms with Crippen LogP contribution in [-0.4, -0.2) is 31.2 Å². The Kier molecular flexibility index (Phi) is 3.69. The number of nitrogens with one attached hydrogen (secondary N) is 1. The Morgan fingerprint density at radius 1 is 1.47 bits per heavy atom. The number of rotatable bonds is 3. The molecule has 0 aromatic heterocycles. The molecule has 1 aliphatic rings. The van der Waals surface area contributed by atoms with Gasteiger partial charge in [-0.1, -0.05) is 19.1 Å². The van der Waals surface area contributed by atoms with E-state index in [2.05, 4.69) is 24.1 Å². The standard InChI is InChI=1S/C15H22N2O2/c1-5-12(14(18)19-4)17-10-15(2,3)16-11-8-6-7-9-13(11)17/h6-9,12,16H,5,10H2,1-4H3.